The van der Waals surface area contributed by atoms with Gasteiger partial charge in [-0.3, -0.25) is 4.79 Å². The standard InChI is InChI=1S/C13H9ClFNO/c14-12-7-9(15)3-6-11(12)13(17)8-1-4-10(16)5-2-8/h1-7H,16H2. The fourth-order valence-electron chi connectivity index (χ4n) is 1.46. The highest BCUT2D eigenvalue weighted by molar-refractivity contribution is 6.35. The van der Waals surface area contributed by atoms with E-state index in [1.54, 1.807) is 24.3 Å². The van der Waals surface area contributed by atoms with Gasteiger partial charge in [-0.05, 0) is 42.5 Å². The van der Waals surface area contributed by atoms with Crippen molar-refractivity contribution < 1.29 is 9.18 Å². The molecule has 0 saturated heterocycles. The van der Waals surface area contributed by atoms with Crippen LogP contribution in [0, 0.1) is 5.82 Å². The van der Waals surface area contributed by atoms with Gasteiger partial charge in [0, 0.05) is 16.8 Å². The highest BCUT2D eigenvalue weighted by Crippen LogP contribution is 2.21. The SMILES string of the molecule is Nc1ccc(C(=O)c2ccc(F)cc2Cl)cc1. The van der Waals surface area contributed by atoms with Crippen LogP contribution in [-0.4, -0.2) is 5.78 Å². The Labute approximate surface area is 103 Å². The van der Waals surface area contributed by atoms with E-state index < -0.39 is 5.82 Å². The van der Waals surface area contributed by atoms with E-state index in [1.807, 2.05) is 0 Å². The quantitative estimate of drug-likeness (QED) is 0.656. The van der Waals surface area contributed by atoms with Crippen molar-refractivity contribution in [2.45, 2.75) is 0 Å². The summed E-state index contributed by atoms with van der Waals surface area (Å²) in [4.78, 5) is 12.0. The molecule has 0 aromatic heterocycles. The average Bonchev–Trinajstić information content (AvgIpc) is 2.29. The van der Waals surface area contributed by atoms with Crippen molar-refractivity contribution in [2.24, 2.45) is 0 Å². The van der Waals surface area contributed by atoms with E-state index in [0.717, 1.165) is 6.07 Å². The van der Waals surface area contributed by atoms with E-state index in [4.69, 9.17) is 17.3 Å². The average molecular weight is 250 g/mol. The first-order chi connectivity index (χ1) is 8.08. The van der Waals surface area contributed by atoms with E-state index >= 15 is 0 Å². The minimum absolute atomic E-state index is 0.104. The molecule has 0 spiro atoms. The van der Waals surface area contributed by atoms with Crippen LogP contribution in [0.4, 0.5) is 10.1 Å². The van der Waals surface area contributed by atoms with Gasteiger partial charge < -0.3 is 5.73 Å². The zero-order chi connectivity index (χ0) is 12.4. The summed E-state index contributed by atoms with van der Waals surface area (Å²) in [5.41, 5.74) is 6.85. The van der Waals surface area contributed by atoms with Crippen LogP contribution in [0.15, 0.2) is 42.5 Å². The molecule has 2 N–H and O–H groups in total. The van der Waals surface area contributed by atoms with Crippen LogP contribution in [0.2, 0.25) is 5.02 Å². The molecule has 0 bridgehead atoms. The largest absolute Gasteiger partial charge is 0.399 e. The van der Waals surface area contributed by atoms with E-state index in [-0.39, 0.29) is 16.4 Å². The Kier molecular flexibility index (Phi) is 3.11. The molecular formula is C13H9ClFNO. The molecule has 0 unspecified atom stereocenters. The summed E-state index contributed by atoms with van der Waals surface area (Å²) < 4.78 is 12.9. The number of ketones is 1. The molecule has 0 aliphatic heterocycles. The van der Waals surface area contributed by atoms with Gasteiger partial charge in [-0.15, -0.1) is 0 Å². The molecule has 0 fully saturated rings. The van der Waals surface area contributed by atoms with Crippen LogP contribution < -0.4 is 5.73 Å². The molecule has 2 aromatic carbocycles. The van der Waals surface area contributed by atoms with Gasteiger partial charge >= 0.3 is 0 Å². The number of carbonyl (C=O) groups excluding carboxylic acids is 1. The number of rotatable bonds is 2. The molecule has 86 valence electrons. The Balaban J connectivity index is 2.40. The fourth-order valence-corrected chi connectivity index (χ4v) is 1.72. The van der Waals surface area contributed by atoms with Gasteiger partial charge in [-0.2, -0.15) is 0 Å². The van der Waals surface area contributed by atoms with Crippen LogP contribution in [0.5, 0.6) is 0 Å². The molecule has 2 aromatic rings. The summed E-state index contributed by atoms with van der Waals surface area (Å²) in [5.74, 6) is -0.723. The first-order valence-corrected chi connectivity index (χ1v) is 5.31. The number of anilines is 1. The molecule has 4 heteroatoms. The minimum atomic E-state index is -0.469. The molecule has 0 aliphatic rings. The summed E-state index contributed by atoms with van der Waals surface area (Å²) in [7, 11) is 0. The lowest BCUT2D eigenvalue weighted by molar-refractivity contribution is 0.103. The molecular weight excluding hydrogens is 241 g/mol. The maximum Gasteiger partial charge on any atom is 0.194 e. The summed E-state index contributed by atoms with van der Waals surface area (Å²) >= 11 is 5.82. The second-order valence-electron chi connectivity index (χ2n) is 3.58. The monoisotopic (exact) mass is 249 g/mol. The number of hydrogen-bond acceptors (Lipinski definition) is 2. The number of nitrogens with two attached hydrogens (primary N) is 1. The highest BCUT2D eigenvalue weighted by Gasteiger charge is 2.13. The Morgan fingerprint density at radius 3 is 2.35 bits per heavy atom. The number of nitrogen functional groups attached to an aromatic ring is 1. The molecule has 17 heavy (non-hydrogen) atoms. The first kappa shape index (κ1) is 11.6. The summed E-state index contributed by atoms with van der Waals surface area (Å²) in [5, 5.41) is 0.104. The van der Waals surface area contributed by atoms with Crippen LogP contribution in [0.3, 0.4) is 0 Å². The third-order valence-electron chi connectivity index (χ3n) is 2.35. The predicted molar refractivity (Wildman–Crippen MR) is 65.7 cm³/mol. The Hall–Kier alpha value is -1.87. The topological polar surface area (TPSA) is 43.1 Å². The Morgan fingerprint density at radius 1 is 1.12 bits per heavy atom. The number of benzene rings is 2. The van der Waals surface area contributed by atoms with E-state index in [0.29, 0.717) is 11.3 Å². The van der Waals surface area contributed by atoms with Gasteiger partial charge in [0.1, 0.15) is 5.82 Å². The number of carbonyl (C=O) groups is 1. The normalized spacial score (nSPS) is 10.2. The summed E-state index contributed by atoms with van der Waals surface area (Å²) in [6.45, 7) is 0. The molecule has 0 amide bonds. The maximum atomic E-state index is 12.9. The molecule has 0 atom stereocenters. The van der Waals surface area contributed by atoms with Gasteiger partial charge in [0.05, 0.1) is 5.02 Å². The Bertz CT molecular complexity index is 566. The van der Waals surface area contributed by atoms with Crippen LogP contribution >= 0.6 is 11.6 Å². The van der Waals surface area contributed by atoms with Crippen molar-refractivity contribution in [1.82, 2.24) is 0 Å². The minimum Gasteiger partial charge on any atom is -0.399 e. The molecule has 0 radical (unpaired) electrons. The van der Waals surface area contributed by atoms with Gasteiger partial charge in [0.15, 0.2) is 5.78 Å². The van der Waals surface area contributed by atoms with Gasteiger partial charge in [0.25, 0.3) is 0 Å². The smallest absolute Gasteiger partial charge is 0.194 e. The van der Waals surface area contributed by atoms with Gasteiger partial charge in [0.2, 0.25) is 0 Å². The van der Waals surface area contributed by atoms with Crippen molar-refractivity contribution in [3.05, 3.63) is 64.4 Å². The second kappa shape index (κ2) is 4.55. The number of hydrogen-bond donors (Lipinski definition) is 1. The van der Waals surface area contributed by atoms with Crippen molar-refractivity contribution >= 4 is 23.1 Å². The van der Waals surface area contributed by atoms with Gasteiger partial charge in [-0.25, -0.2) is 4.39 Å². The summed E-state index contributed by atoms with van der Waals surface area (Å²) in [6, 6.07) is 10.2. The Morgan fingerprint density at radius 2 is 1.76 bits per heavy atom. The number of halogens is 2. The lowest BCUT2D eigenvalue weighted by atomic mass is 10.0. The lowest BCUT2D eigenvalue weighted by Crippen LogP contribution is -2.02. The third-order valence-corrected chi connectivity index (χ3v) is 2.66. The third kappa shape index (κ3) is 2.45. The molecule has 0 saturated carbocycles. The van der Waals surface area contributed by atoms with Crippen molar-refractivity contribution in [3.63, 3.8) is 0 Å². The van der Waals surface area contributed by atoms with Crippen LogP contribution in [-0.2, 0) is 0 Å². The van der Waals surface area contributed by atoms with E-state index in [2.05, 4.69) is 0 Å². The van der Waals surface area contributed by atoms with E-state index in [1.165, 1.54) is 12.1 Å². The molecule has 0 heterocycles. The first-order valence-electron chi connectivity index (χ1n) is 4.93. The summed E-state index contributed by atoms with van der Waals surface area (Å²) in [6.07, 6.45) is 0. The molecule has 2 nitrogen and oxygen atoms in total. The van der Waals surface area contributed by atoms with Crippen LogP contribution in [0.25, 0.3) is 0 Å². The molecule has 2 rings (SSSR count). The molecule has 0 aliphatic carbocycles. The fraction of sp³-hybridized carbons (Fsp3) is 0. The van der Waals surface area contributed by atoms with Crippen LogP contribution in [0.1, 0.15) is 15.9 Å². The zero-order valence-electron chi connectivity index (χ0n) is 8.78. The zero-order valence-corrected chi connectivity index (χ0v) is 9.54. The highest BCUT2D eigenvalue weighted by atomic mass is 35.5. The van der Waals surface area contributed by atoms with Crippen molar-refractivity contribution in [2.75, 3.05) is 5.73 Å². The van der Waals surface area contributed by atoms with Crippen molar-refractivity contribution in [1.29, 1.82) is 0 Å². The maximum absolute atomic E-state index is 12.9. The predicted octanol–water partition coefficient (Wildman–Crippen LogP) is 3.29. The van der Waals surface area contributed by atoms with Gasteiger partial charge in [-0.1, -0.05) is 11.6 Å². The van der Waals surface area contributed by atoms with E-state index in [9.17, 15) is 9.18 Å². The lowest BCUT2D eigenvalue weighted by Gasteiger charge is -2.04. The van der Waals surface area contributed by atoms with Crippen molar-refractivity contribution in [3.8, 4) is 0 Å². The second-order valence-corrected chi connectivity index (χ2v) is 3.98.